The molecule has 0 radical (unpaired) electrons. The van der Waals surface area contributed by atoms with E-state index in [9.17, 15) is 5.11 Å². The third-order valence-electron chi connectivity index (χ3n) is 5.63. The van der Waals surface area contributed by atoms with E-state index in [1.165, 1.54) is 32.1 Å². The Hall–Kier alpha value is -1.67. The number of aromatic nitrogens is 1. The van der Waals surface area contributed by atoms with Crippen LogP contribution >= 0.6 is 11.3 Å². The molecule has 1 atom stereocenters. The van der Waals surface area contributed by atoms with Crippen molar-refractivity contribution in [2.24, 2.45) is 0 Å². The molecule has 2 aromatic rings. The summed E-state index contributed by atoms with van der Waals surface area (Å²) in [6, 6.07) is 6.02. The van der Waals surface area contributed by atoms with Gasteiger partial charge >= 0.3 is 0 Å². The summed E-state index contributed by atoms with van der Waals surface area (Å²) in [4.78, 5) is 9.14. The molecular weight excluding hydrogens is 410 g/mol. The molecule has 6 nitrogen and oxygen atoms in total. The molecule has 1 N–H and O–H groups in total. The molecule has 3 rings (SSSR count). The van der Waals surface area contributed by atoms with Crippen LogP contribution in [0.4, 0.5) is 0 Å². The van der Waals surface area contributed by atoms with Crippen LogP contribution in [0.25, 0.3) is 0 Å². The molecule has 0 spiro atoms. The Morgan fingerprint density at radius 2 is 1.87 bits per heavy atom. The maximum atomic E-state index is 10.5. The van der Waals surface area contributed by atoms with Gasteiger partial charge < -0.3 is 19.5 Å². The van der Waals surface area contributed by atoms with Crippen LogP contribution in [0.1, 0.15) is 48.4 Å². The summed E-state index contributed by atoms with van der Waals surface area (Å²) in [6.07, 6.45) is 5.88. The minimum Gasteiger partial charge on any atom is -0.493 e. The Kier molecular flexibility index (Phi) is 9.58. The summed E-state index contributed by atoms with van der Waals surface area (Å²) in [5.74, 6) is 1.38. The molecule has 1 aromatic carbocycles. The lowest BCUT2D eigenvalue weighted by atomic mass is 10.1. The number of benzene rings is 1. The monoisotopic (exact) mass is 447 g/mol. The lowest BCUT2D eigenvalue weighted by Crippen LogP contribution is -2.37. The zero-order valence-electron chi connectivity index (χ0n) is 19.2. The predicted octanol–water partition coefficient (Wildman–Crippen LogP) is 4.10. The van der Waals surface area contributed by atoms with Gasteiger partial charge in [-0.1, -0.05) is 25.3 Å². The van der Waals surface area contributed by atoms with Gasteiger partial charge in [0.25, 0.3) is 0 Å². The number of aliphatic hydroxyl groups excluding tert-OH is 1. The van der Waals surface area contributed by atoms with Crippen LogP contribution in [0.2, 0.25) is 0 Å². The maximum Gasteiger partial charge on any atom is 0.161 e. The molecule has 1 saturated heterocycles. The predicted molar refractivity (Wildman–Crippen MR) is 126 cm³/mol. The smallest absolute Gasteiger partial charge is 0.161 e. The van der Waals surface area contributed by atoms with E-state index in [1.807, 2.05) is 19.1 Å². The van der Waals surface area contributed by atoms with E-state index in [0.717, 1.165) is 42.4 Å². The maximum absolute atomic E-state index is 10.5. The average molecular weight is 448 g/mol. The highest BCUT2D eigenvalue weighted by Gasteiger charge is 2.15. The van der Waals surface area contributed by atoms with Gasteiger partial charge in [0.05, 0.1) is 17.8 Å². The number of likely N-dealkylation sites (tertiary alicyclic amines) is 1. The minimum absolute atomic E-state index is 0.273. The fourth-order valence-electron chi connectivity index (χ4n) is 4.09. The number of nitrogens with zero attached hydrogens (tertiary/aromatic N) is 3. The van der Waals surface area contributed by atoms with Crippen LogP contribution < -0.4 is 9.47 Å². The number of ether oxygens (including phenoxy) is 2. The molecule has 7 heteroatoms. The molecule has 1 aliphatic heterocycles. The number of hydrogen-bond acceptors (Lipinski definition) is 7. The van der Waals surface area contributed by atoms with Gasteiger partial charge in [-0.25, -0.2) is 4.98 Å². The number of rotatable bonds is 10. The van der Waals surface area contributed by atoms with E-state index < -0.39 is 6.10 Å². The summed E-state index contributed by atoms with van der Waals surface area (Å²) in [5, 5.41) is 13.7. The fourth-order valence-corrected chi connectivity index (χ4v) is 4.69. The van der Waals surface area contributed by atoms with E-state index in [4.69, 9.17) is 9.47 Å². The van der Waals surface area contributed by atoms with Crippen LogP contribution in [-0.4, -0.2) is 66.4 Å². The van der Waals surface area contributed by atoms with Crippen molar-refractivity contribution in [2.75, 3.05) is 40.4 Å². The quantitative estimate of drug-likeness (QED) is 0.592. The van der Waals surface area contributed by atoms with E-state index in [1.54, 1.807) is 18.4 Å². The molecule has 1 fully saturated rings. The van der Waals surface area contributed by atoms with E-state index in [-0.39, 0.29) is 6.61 Å². The van der Waals surface area contributed by atoms with Gasteiger partial charge in [-0.3, -0.25) is 4.90 Å². The summed E-state index contributed by atoms with van der Waals surface area (Å²) < 4.78 is 11.5. The summed E-state index contributed by atoms with van der Waals surface area (Å²) >= 11 is 1.68. The molecule has 31 heavy (non-hydrogen) atoms. The highest BCUT2D eigenvalue weighted by Crippen LogP contribution is 2.29. The van der Waals surface area contributed by atoms with Crippen molar-refractivity contribution in [3.8, 4) is 11.5 Å². The third-order valence-corrected chi connectivity index (χ3v) is 6.45. The number of methoxy groups -OCH3 is 1. The average Bonchev–Trinajstić information content (AvgIpc) is 3.13. The SMILES string of the molecule is COc1cc(CN(C)Cc2csc(C)n2)ccc1OCC(O)CN1CCCCCCC1. The van der Waals surface area contributed by atoms with Crippen LogP contribution in [0, 0.1) is 6.92 Å². The second-order valence-corrected chi connectivity index (χ2v) is 9.61. The zero-order chi connectivity index (χ0) is 22.1. The molecule has 1 aromatic heterocycles. The standard InChI is InChI=1S/C24H37N3O3S/c1-19-25-21(18-31-19)15-26(2)14-20-9-10-23(24(13-20)29-3)30-17-22(28)16-27-11-7-5-4-6-8-12-27/h9-10,13,18,22,28H,4-8,11-12,14-17H2,1-3H3. The van der Waals surface area contributed by atoms with Crippen molar-refractivity contribution in [3.63, 3.8) is 0 Å². The van der Waals surface area contributed by atoms with Gasteiger partial charge in [0, 0.05) is 25.0 Å². The molecule has 0 amide bonds. The normalized spacial score (nSPS) is 16.7. The highest BCUT2D eigenvalue weighted by molar-refractivity contribution is 7.09. The molecule has 1 unspecified atom stereocenters. The number of aliphatic hydroxyl groups is 1. The van der Waals surface area contributed by atoms with Crippen LogP contribution in [0.3, 0.4) is 0 Å². The summed E-state index contributed by atoms with van der Waals surface area (Å²) in [7, 11) is 3.75. The van der Waals surface area contributed by atoms with Crippen molar-refractivity contribution in [1.29, 1.82) is 0 Å². The number of thiazole rings is 1. The molecule has 0 aliphatic carbocycles. The van der Waals surface area contributed by atoms with E-state index in [0.29, 0.717) is 18.0 Å². The second-order valence-electron chi connectivity index (χ2n) is 8.55. The summed E-state index contributed by atoms with van der Waals surface area (Å²) in [6.45, 7) is 6.73. The Labute approximate surface area is 190 Å². The van der Waals surface area contributed by atoms with Crippen molar-refractivity contribution >= 4 is 11.3 Å². The van der Waals surface area contributed by atoms with Crippen molar-refractivity contribution in [1.82, 2.24) is 14.8 Å². The Morgan fingerprint density at radius 1 is 1.13 bits per heavy atom. The fraction of sp³-hybridized carbons (Fsp3) is 0.625. The molecule has 1 aliphatic rings. The second kappa shape index (κ2) is 12.4. The van der Waals surface area contributed by atoms with Crippen molar-refractivity contribution in [2.45, 2.75) is 58.2 Å². The van der Waals surface area contributed by atoms with Crippen LogP contribution in [-0.2, 0) is 13.1 Å². The van der Waals surface area contributed by atoms with Crippen molar-refractivity contribution in [3.05, 3.63) is 39.8 Å². The van der Waals surface area contributed by atoms with Gasteiger partial charge in [-0.15, -0.1) is 11.3 Å². The molecule has 0 bridgehead atoms. The first-order valence-electron chi connectivity index (χ1n) is 11.3. The van der Waals surface area contributed by atoms with E-state index in [2.05, 4.69) is 33.3 Å². The van der Waals surface area contributed by atoms with Gasteiger partial charge in [0.15, 0.2) is 11.5 Å². The number of aryl methyl sites for hydroxylation is 1. The topological polar surface area (TPSA) is 58.1 Å². The molecule has 172 valence electrons. The lowest BCUT2D eigenvalue weighted by Gasteiger charge is -2.26. The zero-order valence-corrected chi connectivity index (χ0v) is 20.0. The largest absolute Gasteiger partial charge is 0.493 e. The Bertz CT molecular complexity index is 790. The Balaban J connectivity index is 1.49. The first-order chi connectivity index (χ1) is 15.0. The van der Waals surface area contributed by atoms with Crippen LogP contribution in [0.5, 0.6) is 11.5 Å². The summed E-state index contributed by atoms with van der Waals surface area (Å²) in [5.41, 5.74) is 2.26. The molecular formula is C24H37N3O3S. The first kappa shape index (κ1) is 24.0. The molecule has 0 saturated carbocycles. The first-order valence-corrected chi connectivity index (χ1v) is 12.2. The minimum atomic E-state index is -0.503. The molecule has 2 heterocycles. The third kappa shape index (κ3) is 8.07. The number of hydrogen-bond donors (Lipinski definition) is 1. The Morgan fingerprint density at radius 3 is 2.55 bits per heavy atom. The van der Waals surface area contributed by atoms with Gasteiger partial charge in [-0.2, -0.15) is 0 Å². The van der Waals surface area contributed by atoms with Gasteiger partial charge in [0.1, 0.15) is 12.7 Å². The van der Waals surface area contributed by atoms with E-state index >= 15 is 0 Å². The lowest BCUT2D eigenvalue weighted by molar-refractivity contribution is 0.0645. The van der Waals surface area contributed by atoms with Gasteiger partial charge in [-0.05, 0) is 57.6 Å². The van der Waals surface area contributed by atoms with Crippen LogP contribution in [0.15, 0.2) is 23.6 Å². The van der Waals surface area contributed by atoms with Gasteiger partial charge in [0.2, 0.25) is 0 Å². The number of β-amino-alcohol motifs (C(OH)–C–C–N with tert-alkyl or cyclic N) is 1. The van der Waals surface area contributed by atoms with Crippen molar-refractivity contribution < 1.29 is 14.6 Å². The highest BCUT2D eigenvalue weighted by atomic mass is 32.1.